The SMILES string of the molecule is CCCCCOCC(O)C(N)Cc1ccccc1. The Morgan fingerprint density at radius 2 is 1.94 bits per heavy atom. The van der Waals surface area contributed by atoms with E-state index in [1.54, 1.807) is 0 Å². The van der Waals surface area contributed by atoms with E-state index in [1.165, 1.54) is 12.8 Å². The highest BCUT2D eigenvalue weighted by molar-refractivity contribution is 5.16. The second kappa shape index (κ2) is 9.09. The molecule has 3 nitrogen and oxygen atoms in total. The van der Waals surface area contributed by atoms with Crippen LogP contribution in [-0.4, -0.2) is 30.5 Å². The highest BCUT2D eigenvalue weighted by Crippen LogP contribution is 2.05. The van der Waals surface area contributed by atoms with E-state index in [-0.39, 0.29) is 6.04 Å². The van der Waals surface area contributed by atoms with Crippen LogP contribution in [0.4, 0.5) is 0 Å². The molecule has 0 saturated carbocycles. The maximum absolute atomic E-state index is 9.89. The molecule has 0 saturated heterocycles. The molecule has 0 aliphatic rings. The van der Waals surface area contributed by atoms with Crippen molar-refractivity contribution in [1.82, 2.24) is 0 Å². The molecule has 3 N–H and O–H groups in total. The molecule has 0 radical (unpaired) electrons. The Bertz CT molecular complexity index is 303. The third-order valence-electron chi connectivity index (χ3n) is 2.99. The summed E-state index contributed by atoms with van der Waals surface area (Å²) in [7, 11) is 0. The van der Waals surface area contributed by atoms with Crippen molar-refractivity contribution < 1.29 is 9.84 Å². The molecule has 0 aromatic heterocycles. The summed E-state index contributed by atoms with van der Waals surface area (Å²) in [4.78, 5) is 0. The first kappa shape index (κ1) is 15.2. The third kappa shape index (κ3) is 6.15. The molecule has 1 aromatic carbocycles. The van der Waals surface area contributed by atoms with Crippen LogP contribution in [0.1, 0.15) is 31.7 Å². The maximum atomic E-state index is 9.89. The van der Waals surface area contributed by atoms with E-state index in [1.807, 2.05) is 30.3 Å². The minimum absolute atomic E-state index is 0.265. The molecule has 0 heterocycles. The summed E-state index contributed by atoms with van der Waals surface area (Å²) in [5, 5.41) is 9.89. The van der Waals surface area contributed by atoms with Gasteiger partial charge in [-0.2, -0.15) is 0 Å². The molecule has 18 heavy (non-hydrogen) atoms. The van der Waals surface area contributed by atoms with Gasteiger partial charge in [0, 0.05) is 12.6 Å². The minimum atomic E-state index is -0.591. The Labute approximate surface area is 110 Å². The number of benzene rings is 1. The zero-order valence-electron chi connectivity index (χ0n) is 11.2. The van der Waals surface area contributed by atoms with Gasteiger partial charge in [0.15, 0.2) is 0 Å². The van der Waals surface area contributed by atoms with Crippen LogP contribution in [0.15, 0.2) is 30.3 Å². The quantitative estimate of drug-likeness (QED) is 0.661. The molecule has 102 valence electrons. The highest BCUT2D eigenvalue weighted by Gasteiger charge is 2.15. The first-order valence-corrected chi connectivity index (χ1v) is 6.79. The monoisotopic (exact) mass is 251 g/mol. The normalized spacial score (nSPS) is 14.4. The summed E-state index contributed by atoms with van der Waals surface area (Å²) in [5.41, 5.74) is 7.11. The van der Waals surface area contributed by atoms with Crippen molar-refractivity contribution >= 4 is 0 Å². The summed E-state index contributed by atoms with van der Waals surface area (Å²) in [5.74, 6) is 0. The van der Waals surface area contributed by atoms with Crippen molar-refractivity contribution in [3.63, 3.8) is 0 Å². The second-order valence-corrected chi connectivity index (χ2v) is 4.70. The van der Waals surface area contributed by atoms with Gasteiger partial charge in [-0.25, -0.2) is 0 Å². The summed E-state index contributed by atoms with van der Waals surface area (Å²) in [6.07, 6.45) is 3.50. The van der Waals surface area contributed by atoms with Gasteiger partial charge in [0.2, 0.25) is 0 Å². The average molecular weight is 251 g/mol. The number of unbranched alkanes of at least 4 members (excludes halogenated alkanes) is 2. The fourth-order valence-corrected chi connectivity index (χ4v) is 1.80. The van der Waals surface area contributed by atoms with Gasteiger partial charge >= 0.3 is 0 Å². The van der Waals surface area contributed by atoms with E-state index >= 15 is 0 Å². The van der Waals surface area contributed by atoms with E-state index < -0.39 is 6.10 Å². The van der Waals surface area contributed by atoms with Gasteiger partial charge in [-0.15, -0.1) is 0 Å². The summed E-state index contributed by atoms with van der Waals surface area (Å²) in [6.45, 7) is 3.20. The number of rotatable bonds is 9. The number of nitrogens with two attached hydrogens (primary N) is 1. The molecule has 2 atom stereocenters. The van der Waals surface area contributed by atoms with Gasteiger partial charge in [0.25, 0.3) is 0 Å². The highest BCUT2D eigenvalue weighted by atomic mass is 16.5. The number of hydrogen-bond acceptors (Lipinski definition) is 3. The summed E-state index contributed by atoms with van der Waals surface area (Å²) < 4.78 is 5.43. The number of ether oxygens (including phenoxy) is 1. The van der Waals surface area contributed by atoms with Crippen molar-refractivity contribution in [3.8, 4) is 0 Å². The smallest absolute Gasteiger partial charge is 0.0927 e. The average Bonchev–Trinajstić information content (AvgIpc) is 2.39. The van der Waals surface area contributed by atoms with Crippen LogP contribution < -0.4 is 5.73 Å². The number of aliphatic hydroxyl groups is 1. The molecule has 0 fully saturated rings. The van der Waals surface area contributed by atoms with Gasteiger partial charge in [0.05, 0.1) is 12.7 Å². The van der Waals surface area contributed by atoms with Gasteiger partial charge < -0.3 is 15.6 Å². The lowest BCUT2D eigenvalue weighted by Gasteiger charge is -2.19. The van der Waals surface area contributed by atoms with Crippen molar-refractivity contribution in [2.45, 2.75) is 44.8 Å². The predicted octanol–water partition coefficient (Wildman–Crippen LogP) is 2.12. The Hall–Kier alpha value is -0.900. The van der Waals surface area contributed by atoms with Crippen LogP contribution in [-0.2, 0) is 11.2 Å². The lowest BCUT2D eigenvalue weighted by molar-refractivity contribution is 0.0223. The number of hydrogen-bond donors (Lipinski definition) is 2. The van der Waals surface area contributed by atoms with E-state index in [0.29, 0.717) is 19.6 Å². The Morgan fingerprint density at radius 3 is 2.61 bits per heavy atom. The lowest BCUT2D eigenvalue weighted by Crippen LogP contribution is -2.39. The van der Waals surface area contributed by atoms with E-state index in [0.717, 1.165) is 12.0 Å². The Balaban J connectivity index is 2.18. The molecule has 0 aliphatic carbocycles. The molecule has 0 bridgehead atoms. The van der Waals surface area contributed by atoms with E-state index in [9.17, 15) is 5.11 Å². The van der Waals surface area contributed by atoms with Crippen LogP contribution >= 0.6 is 0 Å². The maximum Gasteiger partial charge on any atom is 0.0927 e. The van der Waals surface area contributed by atoms with Crippen LogP contribution in [0, 0.1) is 0 Å². The molecule has 3 heteroatoms. The number of aliphatic hydroxyl groups excluding tert-OH is 1. The van der Waals surface area contributed by atoms with Crippen molar-refractivity contribution in [1.29, 1.82) is 0 Å². The topological polar surface area (TPSA) is 55.5 Å². The summed E-state index contributed by atoms with van der Waals surface area (Å²) >= 11 is 0. The van der Waals surface area contributed by atoms with Gasteiger partial charge in [-0.1, -0.05) is 50.1 Å². The minimum Gasteiger partial charge on any atom is -0.389 e. The predicted molar refractivity (Wildman–Crippen MR) is 74.5 cm³/mol. The third-order valence-corrected chi connectivity index (χ3v) is 2.99. The zero-order valence-corrected chi connectivity index (χ0v) is 11.2. The van der Waals surface area contributed by atoms with E-state index in [2.05, 4.69) is 6.92 Å². The molecule has 0 amide bonds. The molecule has 1 aromatic rings. The molecule has 0 aliphatic heterocycles. The molecule has 2 unspecified atom stereocenters. The lowest BCUT2D eigenvalue weighted by atomic mass is 10.0. The zero-order chi connectivity index (χ0) is 13.2. The van der Waals surface area contributed by atoms with E-state index in [4.69, 9.17) is 10.5 Å². The van der Waals surface area contributed by atoms with Crippen molar-refractivity contribution in [2.75, 3.05) is 13.2 Å². The van der Waals surface area contributed by atoms with Crippen molar-refractivity contribution in [3.05, 3.63) is 35.9 Å². The van der Waals surface area contributed by atoms with Gasteiger partial charge in [0.1, 0.15) is 0 Å². The fraction of sp³-hybridized carbons (Fsp3) is 0.600. The molecule has 1 rings (SSSR count). The van der Waals surface area contributed by atoms with Gasteiger partial charge in [-0.05, 0) is 18.4 Å². The van der Waals surface area contributed by atoms with Crippen molar-refractivity contribution in [2.24, 2.45) is 5.73 Å². The molecular formula is C15H25NO2. The fourth-order valence-electron chi connectivity index (χ4n) is 1.80. The molecular weight excluding hydrogens is 226 g/mol. The van der Waals surface area contributed by atoms with Gasteiger partial charge in [-0.3, -0.25) is 0 Å². The second-order valence-electron chi connectivity index (χ2n) is 4.70. The van der Waals surface area contributed by atoms with Crippen LogP contribution in [0.25, 0.3) is 0 Å². The standard InChI is InChI=1S/C15H25NO2/c1-2-3-7-10-18-12-15(17)14(16)11-13-8-5-4-6-9-13/h4-6,8-9,14-15,17H,2-3,7,10-12,16H2,1H3. The first-order chi connectivity index (χ1) is 8.74. The Kier molecular flexibility index (Phi) is 7.65. The van der Waals surface area contributed by atoms with Crippen LogP contribution in [0.5, 0.6) is 0 Å². The molecule has 0 spiro atoms. The van der Waals surface area contributed by atoms with Crippen LogP contribution in [0.3, 0.4) is 0 Å². The summed E-state index contributed by atoms with van der Waals surface area (Å²) in [6, 6.07) is 9.72. The van der Waals surface area contributed by atoms with Crippen LogP contribution in [0.2, 0.25) is 0 Å². The Morgan fingerprint density at radius 1 is 1.22 bits per heavy atom. The largest absolute Gasteiger partial charge is 0.389 e. The first-order valence-electron chi connectivity index (χ1n) is 6.79.